The van der Waals surface area contributed by atoms with E-state index in [2.05, 4.69) is 31.7 Å². The van der Waals surface area contributed by atoms with E-state index in [1.54, 1.807) is 6.20 Å². The van der Waals surface area contributed by atoms with Gasteiger partial charge in [0.2, 0.25) is 0 Å². The van der Waals surface area contributed by atoms with E-state index in [0.29, 0.717) is 11.4 Å². The molecule has 0 spiro atoms. The number of aromatic amines is 1. The average Bonchev–Trinajstić information content (AvgIpc) is 3.21. The van der Waals surface area contributed by atoms with Crippen molar-refractivity contribution in [3.05, 3.63) is 77.5 Å². The molecule has 0 saturated heterocycles. The Morgan fingerprint density at radius 1 is 1.15 bits per heavy atom. The van der Waals surface area contributed by atoms with Gasteiger partial charge in [-0.05, 0) is 55.8 Å². The Morgan fingerprint density at radius 2 is 1.96 bits per heavy atom. The summed E-state index contributed by atoms with van der Waals surface area (Å²) in [5.74, 6) is 1.45. The summed E-state index contributed by atoms with van der Waals surface area (Å²) >= 11 is 0. The van der Waals surface area contributed by atoms with Crippen molar-refractivity contribution < 1.29 is 0 Å². The number of aryl methyl sites for hydroxylation is 1. The number of imidazole rings is 1. The lowest BCUT2D eigenvalue weighted by atomic mass is 10.1. The van der Waals surface area contributed by atoms with Crippen LogP contribution in [0.25, 0.3) is 28.5 Å². The fourth-order valence-electron chi connectivity index (χ4n) is 3.16. The molecule has 0 aliphatic carbocycles. The molecule has 0 atom stereocenters. The Balaban J connectivity index is 1.81. The van der Waals surface area contributed by atoms with Crippen LogP contribution in [-0.4, -0.2) is 19.5 Å². The fourth-order valence-corrected chi connectivity index (χ4v) is 3.16. The van der Waals surface area contributed by atoms with E-state index < -0.39 is 0 Å². The summed E-state index contributed by atoms with van der Waals surface area (Å²) in [7, 11) is 0. The van der Waals surface area contributed by atoms with Crippen molar-refractivity contribution in [2.45, 2.75) is 13.8 Å². The van der Waals surface area contributed by atoms with Gasteiger partial charge in [0.25, 0.3) is 0 Å². The third kappa shape index (κ3) is 2.68. The molecular weight excluding hydrogens is 322 g/mol. The predicted molar refractivity (Wildman–Crippen MR) is 103 cm³/mol. The molecule has 1 aromatic carbocycles. The summed E-state index contributed by atoms with van der Waals surface area (Å²) in [6.45, 7) is 4.06. The Bertz CT molecular complexity index is 1120. The Morgan fingerprint density at radius 3 is 2.69 bits per heavy atom. The van der Waals surface area contributed by atoms with Gasteiger partial charge in [-0.2, -0.15) is 5.26 Å². The van der Waals surface area contributed by atoms with Gasteiger partial charge in [0, 0.05) is 17.6 Å². The molecule has 3 aromatic heterocycles. The molecule has 0 fully saturated rings. The molecule has 3 heterocycles. The van der Waals surface area contributed by atoms with Crippen LogP contribution in [0.1, 0.15) is 22.8 Å². The van der Waals surface area contributed by atoms with E-state index in [9.17, 15) is 5.26 Å². The molecule has 5 heteroatoms. The molecule has 126 valence electrons. The van der Waals surface area contributed by atoms with Crippen molar-refractivity contribution in [2.24, 2.45) is 0 Å². The largest absolute Gasteiger partial charge is 0.337 e. The zero-order chi connectivity index (χ0) is 18.1. The third-order valence-electron chi connectivity index (χ3n) is 4.41. The number of hydrogen-bond donors (Lipinski definition) is 1. The predicted octanol–water partition coefficient (Wildman–Crippen LogP) is 4.43. The second-order valence-corrected chi connectivity index (χ2v) is 6.12. The van der Waals surface area contributed by atoms with Gasteiger partial charge in [0.05, 0.1) is 16.6 Å². The van der Waals surface area contributed by atoms with Crippen molar-refractivity contribution in [2.75, 3.05) is 0 Å². The molecule has 26 heavy (non-hydrogen) atoms. The quantitative estimate of drug-likeness (QED) is 0.561. The van der Waals surface area contributed by atoms with Gasteiger partial charge in [-0.25, -0.2) is 9.97 Å². The van der Waals surface area contributed by atoms with Crippen LogP contribution in [0.5, 0.6) is 0 Å². The lowest BCUT2D eigenvalue weighted by molar-refractivity contribution is 0.921. The molecule has 0 bridgehead atoms. The molecule has 0 amide bonds. The first kappa shape index (κ1) is 15.9. The van der Waals surface area contributed by atoms with Crippen LogP contribution < -0.4 is 0 Å². The molecule has 0 radical (unpaired) electrons. The first-order chi connectivity index (χ1) is 12.7. The molecule has 4 rings (SSSR count). The topological polar surface area (TPSA) is 70.3 Å². The number of aromatic nitrogens is 4. The van der Waals surface area contributed by atoms with E-state index in [1.807, 2.05) is 62.4 Å². The van der Waals surface area contributed by atoms with Gasteiger partial charge in [0.1, 0.15) is 17.7 Å². The first-order valence-corrected chi connectivity index (χ1v) is 8.34. The SMILES string of the molecule is Cc1cc(/C=C(\C#N)c2nc3ccccc3[nH]2)c(C)n1-c1ccccn1. The summed E-state index contributed by atoms with van der Waals surface area (Å²) < 4.78 is 2.08. The highest BCUT2D eigenvalue weighted by Crippen LogP contribution is 2.24. The molecule has 1 N–H and O–H groups in total. The number of rotatable bonds is 3. The second-order valence-electron chi connectivity index (χ2n) is 6.12. The zero-order valence-corrected chi connectivity index (χ0v) is 14.6. The maximum absolute atomic E-state index is 9.65. The minimum absolute atomic E-state index is 0.502. The molecular formula is C21H17N5. The van der Waals surface area contributed by atoms with Crippen LogP contribution in [0.2, 0.25) is 0 Å². The minimum Gasteiger partial charge on any atom is -0.337 e. The molecule has 0 saturated carbocycles. The highest BCUT2D eigenvalue weighted by atomic mass is 15.1. The fraction of sp³-hybridized carbons (Fsp3) is 0.0952. The van der Waals surface area contributed by atoms with Gasteiger partial charge in [-0.15, -0.1) is 0 Å². The van der Waals surface area contributed by atoms with Gasteiger partial charge in [-0.3, -0.25) is 0 Å². The average molecular weight is 339 g/mol. The van der Waals surface area contributed by atoms with E-state index >= 15 is 0 Å². The number of allylic oxidation sites excluding steroid dienone is 1. The summed E-state index contributed by atoms with van der Waals surface area (Å²) in [6.07, 6.45) is 3.65. The summed E-state index contributed by atoms with van der Waals surface area (Å²) in [5, 5.41) is 9.65. The molecule has 0 unspecified atom stereocenters. The van der Waals surface area contributed by atoms with Crippen molar-refractivity contribution >= 4 is 22.7 Å². The first-order valence-electron chi connectivity index (χ1n) is 8.34. The number of para-hydroxylation sites is 2. The summed E-state index contributed by atoms with van der Waals surface area (Å²) in [5.41, 5.74) is 5.34. The summed E-state index contributed by atoms with van der Waals surface area (Å²) in [6, 6.07) is 17.9. The van der Waals surface area contributed by atoms with Gasteiger partial charge < -0.3 is 9.55 Å². The van der Waals surface area contributed by atoms with E-state index in [1.165, 1.54) is 0 Å². The van der Waals surface area contributed by atoms with E-state index in [-0.39, 0.29) is 0 Å². The lowest BCUT2D eigenvalue weighted by Crippen LogP contribution is -2.01. The maximum atomic E-state index is 9.65. The van der Waals surface area contributed by atoms with Crippen molar-refractivity contribution in [1.29, 1.82) is 5.26 Å². The van der Waals surface area contributed by atoms with E-state index in [4.69, 9.17) is 0 Å². The maximum Gasteiger partial charge on any atom is 0.149 e. The van der Waals surface area contributed by atoms with Crippen molar-refractivity contribution in [3.63, 3.8) is 0 Å². The van der Waals surface area contributed by atoms with Crippen LogP contribution in [0, 0.1) is 25.2 Å². The molecule has 5 nitrogen and oxygen atoms in total. The highest BCUT2D eigenvalue weighted by Gasteiger charge is 2.13. The minimum atomic E-state index is 0.502. The van der Waals surface area contributed by atoms with Crippen LogP contribution in [0.3, 0.4) is 0 Å². The van der Waals surface area contributed by atoms with Gasteiger partial charge in [0.15, 0.2) is 0 Å². The van der Waals surface area contributed by atoms with Crippen molar-refractivity contribution in [3.8, 4) is 11.9 Å². The van der Waals surface area contributed by atoms with Crippen LogP contribution >= 0.6 is 0 Å². The number of nitrogens with one attached hydrogen (secondary N) is 1. The molecule has 0 aliphatic heterocycles. The number of pyridine rings is 1. The number of nitriles is 1. The number of hydrogen-bond acceptors (Lipinski definition) is 3. The lowest BCUT2D eigenvalue weighted by Gasteiger charge is -2.07. The number of H-pyrrole nitrogens is 1. The highest BCUT2D eigenvalue weighted by molar-refractivity contribution is 5.90. The summed E-state index contributed by atoms with van der Waals surface area (Å²) in [4.78, 5) is 12.2. The standard InChI is InChI=1S/C21H17N5/c1-14-11-16(15(2)26(14)20-9-5-6-10-23-20)12-17(13-22)21-24-18-7-3-4-8-19(18)25-21/h3-12H,1-2H3,(H,24,25)/b17-12+. The van der Waals surface area contributed by atoms with Gasteiger partial charge in [-0.1, -0.05) is 18.2 Å². The third-order valence-corrected chi connectivity index (χ3v) is 4.41. The van der Waals surface area contributed by atoms with Crippen LogP contribution in [-0.2, 0) is 0 Å². The number of nitrogens with zero attached hydrogens (tertiary/aromatic N) is 4. The van der Waals surface area contributed by atoms with Crippen LogP contribution in [0.4, 0.5) is 0 Å². The molecule has 0 aliphatic rings. The number of fused-ring (bicyclic) bond motifs is 1. The number of benzene rings is 1. The van der Waals surface area contributed by atoms with Crippen molar-refractivity contribution in [1.82, 2.24) is 19.5 Å². The molecule has 4 aromatic rings. The smallest absolute Gasteiger partial charge is 0.149 e. The van der Waals surface area contributed by atoms with Gasteiger partial charge >= 0.3 is 0 Å². The Kier molecular flexibility index (Phi) is 3.86. The van der Waals surface area contributed by atoms with E-state index in [0.717, 1.165) is 33.8 Å². The van der Waals surface area contributed by atoms with Crippen LogP contribution in [0.15, 0.2) is 54.7 Å². The zero-order valence-electron chi connectivity index (χ0n) is 14.6. The normalized spacial score (nSPS) is 11.7. The Labute approximate surface area is 151 Å². The Hall–Kier alpha value is -3.65. The monoisotopic (exact) mass is 339 g/mol. The second kappa shape index (κ2) is 6.34.